The number of aromatic nitrogens is 2. The van der Waals surface area contributed by atoms with Crippen molar-refractivity contribution in [3.63, 3.8) is 0 Å². The molecule has 0 bridgehead atoms. The van der Waals surface area contributed by atoms with Crippen molar-refractivity contribution in [1.82, 2.24) is 14.5 Å². The Morgan fingerprint density at radius 3 is 3.05 bits per heavy atom. The third-order valence-corrected chi connectivity index (χ3v) is 3.70. The molecule has 0 atom stereocenters. The van der Waals surface area contributed by atoms with Crippen molar-refractivity contribution in [3.8, 4) is 5.75 Å². The number of rotatable bonds is 3. The predicted octanol–water partition coefficient (Wildman–Crippen LogP) is 1.62. The van der Waals surface area contributed by atoms with Gasteiger partial charge in [-0.2, -0.15) is 0 Å². The highest BCUT2D eigenvalue weighted by atomic mass is 19.1. The Balaban J connectivity index is 1.70. The van der Waals surface area contributed by atoms with Crippen LogP contribution in [0.3, 0.4) is 0 Å². The van der Waals surface area contributed by atoms with Gasteiger partial charge in [-0.3, -0.25) is 4.79 Å². The van der Waals surface area contributed by atoms with Gasteiger partial charge in [0.15, 0.2) is 0 Å². The van der Waals surface area contributed by atoms with Crippen LogP contribution in [-0.2, 0) is 24.3 Å². The summed E-state index contributed by atoms with van der Waals surface area (Å²) in [5.41, 5.74) is 0.384. The average Bonchev–Trinajstić information content (AvgIpc) is 2.96. The molecule has 2 heterocycles. The second-order valence-corrected chi connectivity index (χ2v) is 4.99. The van der Waals surface area contributed by atoms with Gasteiger partial charge in [0.2, 0.25) is 5.91 Å². The van der Waals surface area contributed by atoms with Gasteiger partial charge >= 0.3 is 0 Å². The highest BCUT2D eigenvalue weighted by Crippen LogP contribution is 2.18. The number of benzene rings is 1. The molecular weight excluding hydrogens is 273 g/mol. The first kappa shape index (κ1) is 13.6. The summed E-state index contributed by atoms with van der Waals surface area (Å²) in [6.07, 6.45) is 3.68. The van der Waals surface area contributed by atoms with E-state index in [9.17, 15) is 9.18 Å². The zero-order valence-corrected chi connectivity index (χ0v) is 11.8. The molecule has 0 spiro atoms. The van der Waals surface area contributed by atoms with E-state index < -0.39 is 5.82 Å². The summed E-state index contributed by atoms with van der Waals surface area (Å²) in [7, 11) is 1.48. The molecule has 0 unspecified atom stereocenters. The second kappa shape index (κ2) is 5.55. The fourth-order valence-electron chi connectivity index (χ4n) is 2.46. The van der Waals surface area contributed by atoms with E-state index in [1.807, 2.05) is 10.8 Å². The van der Waals surface area contributed by atoms with Crippen molar-refractivity contribution in [2.24, 2.45) is 0 Å². The Kier molecular flexibility index (Phi) is 3.60. The quantitative estimate of drug-likeness (QED) is 0.862. The third kappa shape index (κ3) is 2.74. The minimum Gasteiger partial charge on any atom is -0.497 e. The minimum absolute atomic E-state index is 0.0521. The summed E-state index contributed by atoms with van der Waals surface area (Å²) in [6.45, 7) is 1.83. The summed E-state index contributed by atoms with van der Waals surface area (Å²) in [5, 5.41) is 0. The Labute approximate surface area is 122 Å². The third-order valence-electron chi connectivity index (χ3n) is 3.70. The number of hydrogen-bond acceptors (Lipinski definition) is 3. The number of imidazole rings is 1. The van der Waals surface area contributed by atoms with E-state index in [4.69, 9.17) is 4.74 Å². The normalized spacial score (nSPS) is 13.9. The molecule has 0 saturated heterocycles. The van der Waals surface area contributed by atoms with Crippen LogP contribution in [0.4, 0.5) is 4.39 Å². The lowest BCUT2D eigenvalue weighted by Crippen LogP contribution is -2.39. The number of ether oxygens (including phenoxy) is 1. The fraction of sp³-hybridized carbons (Fsp3) is 0.333. The van der Waals surface area contributed by atoms with Crippen LogP contribution in [0.15, 0.2) is 30.6 Å². The number of hydrogen-bond donors (Lipinski definition) is 0. The van der Waals surface area contributed by atoms with E-state index in [2.05, 4.69) is 4.98 Å². The monoisotopic (exact) mass is 289 g/mol. The lowest BCUT2D eigenvalue weighted by Gasteiger charge is -2.27. The standard InChI is InChI=1S/C15H16FN3O2/c1-21-12-3-2-11(13(16)9-12)8-15(20)19-7-6-18-5-4-17-14(18)10-19/h2-5,9H,6-8,10H2,1H3. The maximum absolute atomic E-state index is 13.9. The zero-order valence-electron chi connectivity index (χ0n) is 11.8. The molecule has 0 radical (unpaired) electrons. The van der Waals surface area contributed by atoms with E-state index in [0.29, 0.717) is 24.4 Å². The lowest BCUT2D eigenvalue weighted by molar-refractivity contribution is -0.132. The molecule has 5 nitrogen and oxygen atoms in total. The van der Waals surface area contributed by atoms with Gasteiger partial charge in [-0.15, -0.1) is 0 Å². The summed E-state index contributed by atoms with van der Waals surface area (Å²) in [4.78, 5) is 18.2. The number of carbonyl (C=O) groups excluding carboxylic acids is 1. The molecule has 2 aromatic rings. The first-order chi connectivity index (χ1) is 10.2. The molecule has 110 valence electrons. The van der Waals surface area contributed by atoms with Crippen molar-refractivity contribution in [1.29, 1.82) is 0 Å². The SMILES string of the molecule is COc1ccc(CC(=O)N2CCn3ccnc3C2)c(F)c1. The van der Waals surface area contributed by atoms with Gasteiger partial charge in [0.05, 0.1) is 20.1 Å². The van der Waals surface area contributed by atoms with Crippen molar-refractivity contribution in [2.45, 2.75) is 19.5 Å². The van der Waals surface area contributed by atoms with Crippen molar-refractivity contribution >= 4 is 5.91 Å². The Bertz CT molecular complexity index is 669. The number of nitrogens with zero attached hydrogens (tertiary/aromatic N) is 3. The molecule has 1 aliphatic heterocycles. The van der Waals surface area contributed by atoms with Gasteiger partial charge in [-0.1, -0.05) is 6.07 Å². The van der Waals surface area contributed by atoms with Gasteiger partial charge < -0.3 is 14.2 Å². The number of halogens is 1. The van der Waals surface area contributed by atoms with Crippen molar-refractivity contribution in [2.75, 3.05) is 13.7 Å². The molecule has 1 aromatic heterocycles. The van der Waals surface area contributed by atoms with Crippen LogP contribution in [0.1, 0.15) is 11.4 Å². The van der Waals surface area contributed by atoms with Crippen molar-refractivity contribution in [3.05, 3.63) is 47.8 Å². The Hall–Kier alpha value is -2.37. The van der Waals surface area contributed by atoms with Gasteiger partial charge in [-0.05, 0) is 11.6 Å². The smallest absolute Gasteiger partial charge is 0.227 e. The molecular formula is C15H16FN3O2. The topological polar surface area (TPSA) is 47.4 Å². The fourth-order valence-corrected chi connectivity index (χ4v) is 2.46. The van der Waals surface area contributed by atoms with Crippen LogP contribution < -0.4 is 4.74 Å². The number of methoxy groups -OCH3 is 1. The van der Waals surface area contributed by atoms with Gasteiger partial charge in [0.25, 0.3) is 0 Å². The molecule has 1 aliphatic rings. The number of fused-ring (bicyclic) bond motifs is 1. The van der Waals surface area contributed by atoms with E-state index in [-0.39, 0.29) is 12.3 Å². The average molecular weight is 289 g/mol. The first-order valence-electron chi connectivity index (χ1n) is 6.77. The molecule has 0 fully saturated rings. The van der Waals surface area contributed by atoms with Crippen LogP contribution in [0, 0.1) is 5.82 Å². The molecule has 0 aliphatic carbocycles. The first-order valence-corrected chi connectivity index (χ1v) is 6.77. The van der Waals surface area contributed by atoms with Crippen molar-refractivity contribution < 1.29 is 13.9 Å². The Morgan fingerprint density at radius 2 is 2.29 bits per heavy atom. The number of amides is 1. The minimum atomic E-state index is -0.416. The predicted molar refractivity (Wildman–Crippen MR) is 74.3 cm³/mol. The van der Waals surface area contributed by atoms with E-state index in [1.165, 1.54) is 13.2 Å². The Morgan fingerprint density at radius 1 is 1.43 bits per heavy atom. The summed E-state index contributed by atoms with van der Waals surface area (Å²) in [5.74, 6) is 0.808. The molecule has 6 heteroatoms. The number of carbonyl (C=O) groups is 1. The maximum atomic E-state index is 13.9. The molecule has 21 heavy (non-hydrogen) atoms. The van der Waals surface area contributed by atoms with Crippen LogP contribution in [0.2, 0.25) is 0 Å². The summed E-state index contributed by atoms with van der Waals surface area (Å²) < 4.78 is 20.9. The van der Waals surface area contributed by atoms with E-state index >= 15 is 0 Å². The van der Waals surface area contributed by atoms with E-state index in [1.54, 1.807) is 23.2 Å². The lowest BCUT2D eigenvalue weighted by atomic mass is 10.1. The van der Waals surface area contributed by atoms with E-state index in [0.717, 1.165) is 12.4 Å². The largest absolute Gasteiger partial charge is 0.497 e. The van der Waals surface area contributed by atoms with Crippen LogP contribution in [0.25, 0.3) is 0 Å². The zero-order chi connectivity index (χ0) is 14.8. The second-order valence-electron chi connectivity index (χ2n) is 4.99. The summed E-state index contributed by atoms with van der Waals surface area (Å²) in [6, 6.07) is 4.55. The molecule has 1 amide bonds. The highest BCUT2D eigenvalue weighted by molar-refractivity contribution is 5.79. The van der Waals surface area contributed by atoms with Crippen LogP contribution >= 0.6 is 0 Å². The molecule has 3 rings (SSSR count). The summed E-state index contributed by atoms with van der Waals surface area (Å²) >= 11 is 0. The highest BCUT2D eigenvalue weighted by Gasteiger charge is 2.22. The molecule has 0 saturated carbocycles. The molecule has 0 N–H and O–H groups in total. The van der Waals surface area contributed by atoms with Gasteiger partial charge in [-0.25, -0.2) is 9.37 Å². The van der Waals surface area contributed by atoms with Crippen LogP contribution in [-0.4, -0.2) is 34.0 Å². The van der Waals surface area contributed by atoms with Gasteiger partial charge in [0.1, 0.15) is 17.4 Å². The van der Waals surface area contributed by atoms with Gasteiger partial charge in [0, 0.05) is 31.5 Å². The van der Waals surface area contributed by atoms with Crippen LogP contribution in [0.5, 0.6) is 5.75 Å². The maximum Gasteiger partial charge on any atom is 0.227 e. The molecule has 1 aromatic carbocycles.